The van der Waals surface area contributed by atoms with Crippen molar-refractivity contribution >= 4 is 27.7 Å². The standard InChI is InChI=1S/C30H35BrN2O3/c1-4-5-16-32-30(35)27(19-24-12-8-6-9-13-24)33(20-25-14-10-7-11-15-25)28(34)21-36-26-17-22(2)29(31)23(3)18-26/h6-15,17-18,27H,4-5,16,19-21H2,1-3H3,(H,32,35)/t27-/m0/s1. The molecule has 0 aromatic heterocycles. The molecule has 0 aliphatic carbocycles. The monoisotopic (exact) mass is 550 g/mol. The third-order valence-electron chi connectivity index (χ3n) is 6.07. The van der Waals surface area contributed by atoms with Gasteiger partial charge in [-0.2, -0.15) is 0 Å². The van der Waals surface area contributed by atoms with Crippen LogP contribution in [0.5, 0.6) is 5.75 Å². The summed E-state index contributed by atoms with van der Waals surface area (Å²) in [5, 5.41) is 3.04. The fourth-order valence-corrected chi connectivity index (χ4v) is 4.29. The van der Waals surface area contributed by atoms with Crippen molar-refractivity contribution in [3.05, 3.63) is 99.5 Å². The van der Waals surface area contributed by atoms with E-state index in [2.05, 4.69) is 28.2 Å². The number of nitrogens with one attached hydrogen (secondary N) is 1. The highest BCUT2D eigenvalue weighted by Crippen LogP contribution is 2.26. The molecule has 6 heteroatoms. The zero-order chi connectivity index (χ0) is 25.9. The Kier molecular flexibility index (Phi) is 10.6. The highest BCUT2D eigenvalue weighted by atomic mass is 79.9. The average molecular weight is 552 g/mol. The Morgan fingerprint density at radius 3 is 2.11 bits per heavy atom. The van der Waals surface area contributed by atoms with Gasteiger partial charge in [-0.3, -0.25) is 9.59 Å². The van der Waals surface area contributed by atoms with Gasteiger partial charge >= 0.3 is 0 Å². The van der Waals surface area contributed by atoms with Crippen LogP contribution in [0.3, 0.4) is 0 Å². The highest BCUT2D eigenvalue weighted by Gasteiger charge is 2.30. The molecule has 1 atom stereocenters. The molecule has 1 N–H and O–H groups in total. The van der Waals surface area contributed by atoms with Crippen LogP contribution in [0.2, 0.25) is 0 Å². The molecule has 3 rings (SSSR count). The van der Waals surface area contributed by atoms with Crippen molar-refractivity contribution in [3.63, 3.8) is 0 Å². The van der Waals surface area contributed by atoms with Gasteiger partial charge in [0, 0.05) is 24.0 Å². The predicted octanol–water partition coefficient (Wildman–Crippen LogP) is 6.00. The molecule has 0 heterocycles. The summed E-state index contributed by atoms with van der Waals surface area (Å²) in [6.45, 7) is 6.82. The van der Waals surface area contributed by atoms with Gasteiger partial charge in [0.15, 0.2) is 6.61 Å². The minimum absolute atomic E-state index is 0.146. The Morgan fingerprint density at radius 1 is 0.944 bits per heavy atom. The molecule has 36 heavy (non-hydrogen) atoms. The fourth-order valence-electron chi connectivity index (χ4n) is 4.06. The van der Waals surface area contributed by atoms with Gasteiger partial charge in [-0.25, -0.2) is 0 Å². The molecule has 3 aromatic carbocycles. The first kappa shape index (κ1) is 27.5. The average Bonchev–Trinajstić information content (AvgIpc) is 2.89. The quantitative estimate of drug-likeness (QED) is 0.281. The summed E-state index contributed by atoms with van der Waals surface area (Å²) in [6.07, 6.45) is 2.30. The summed E-state index contributed by atoms with van der Waals surface area (Å²) >= 11 is 3.57. The minimum atomic E-state index is -0.658. The van der Waals surface area contributed by atoms with Crippen LogP contribution < -0.4 is 10.1 Å². The molecule has 3 aromatic rings. The highest BCUT2D eigenvalue weighted by molar-refractivity contribution is 9.10. The zero-order valence-electron chi connectivity index (χ0n) is 21.3. The number of aryl methyl sites for hydroxylation is 2. The van der Waals surface area contributed by atoms with Crippen LogP contribution in [0, 0.1) is 13.8 Å². The maximum Gasteiger partial charge on any atom is 0.261 e. The number of rotatable bonds is 12. The van der Waals surface area contributed by atoms with E-state index < -0.39 is 6.04 Å². The van der Waals surface area contributed by atoms with Gasteiger partial charge in [0.25, 0.3) is 5.91 Å². The molecule has 0 spiro atoms. The van der Waals surface area contributed by atoms with Crippen molar-refractivity contribution < 1.29 is 14.3 Å². The van der Waals surface area contributed by atoms with Crippen molar-refractivity contribution in [2.24, 2.45) is 0 Å². The second-order valence-corrected chi connectivity index (χ2v) is 9.81. The molecule has 0 aliphatic heterocycles. The second-order valence-electron chi connectivity index (χ2n) is 9.02. The first-order valence-electron chi connectivity index (χ1n) is 12.4. The van der Waals surface area contributed by atoms with Crippen LogP contribution in [-0.4, -0.2) is 35.9 Å². The van der Waals surface area contributed by atoms with Crippen molar-refractivity contribution in [2.75, 3.05) is 13.2 Å². The largest absolute Gasteiger partial charge is 0.484 e. The topological polar surface area (TPSA) is 58.6 Å². The van der Waals surface area contributed by atoms with E-state index in [1.807, 2.05) is 86.6 Å². The number of hydrogen-bond donors (Lipinski definition) is 1. The van der Waals surface area contributed by atoms with Crippen LogP contribution in [0.4, 0.5) is 0 Å². The van der Waals surface area contributed by atoms with Crippen LogP contribution in [0.15, 0.2) is 77.3 Å². The first-order chi connectivity index (χ1) is 17.4. The van der Waals surface area contributed by atoms with Crippen LogP contribution in [-0.2, 0) is 22.6 Å². The van der Waals surface area contributed by atoms with Gasteiger partial charge in [-0.1, -0.05) is 89.9 Å². The molecule has 0 saturated carbocycles. The molecule has 190 valence electrons. The van der Waals surface area contributed by atoms with E-state index in [4.69, 9.17) is 4.74 Å². The molecule has 5 nitrogen and oxygen atoms in total. The van der Waals surface area contributed by atoms with E-state index in [9.17, 15) is 9.59 Å². The summed E-state index contributed by atoms with van der Waals surface area (Å²) in [6, 6.07) is 22.7. The number of benzene rings is 3. The number of nitrogens with zero attached hydrogens (tertiary/aromatic N) is 1. The number of hydrogen-bond acceptors (Lipinski definition) is 3. The SMILES string of the molecule is CCCCNC(=O)[C@H](Cc1ccccc1)N(Cc1ccccc1)C(=O)COc1cc(C)c(Br)c(C)c1. The predicted molar refractivity (Wildman–Crippen MR) is 148 cm³/mol. The number of ether oxygens (including phenoxy) is 1. The van der Waals surface area contributed by atoms with Gasteiger partial charge < -0.3 is 15.0 Å². The molecule has 0 aliphatic rings. The summed E-state index contributed by atoms with van der Waals surface area (Å²) in [5.74, 6) is 0.254. The van der Waals surface area contributed by atoms with Crippen molar-refractivity contribution in [1.29, 1.82) is 0 Å². The Balaban J connectivity index is 1.87. The summed E-state index contributed by atoms with van der Waals surface area (Å²) in [4.78, 5) is 28.7. The van der Waals surface area contributed by atoms with E-state index in [-0.39, 0.29) is 18.4 Å². The van der Waals surface area contributed by atoms with Crippen molar-refractivity contribution in [3.8, 4) is 5.75 Å². The van der Waals surface area contributed by atoms with Crippen molar-refractivity contribution in [2.45, 2.75) is 52.6 Å². The molecule has 0 bridgehead atoms. The summed E-state index contributed by atoms with van der Waals surface area (Å²) in [7, 11) is 0. The van der Waals surface area contributed by atoms with E-state index in [0.717, 1.165) is 39.6 Å². The van der Waals surface area contributed by atoms with Crippen LogP contribution >= 0.6 is 15.9 Å². The third-order valence-corrected chi connectivity index (χ3v) is 7.32. The van der Waals surface area contributed by atoms with Gasteiger partial charge in [-0.15, -0.1) is 0 Å². The van der Waals surface area contributed by atoms with E-state index in [1.54, 1.807) is 4.90 Å². The third kappa shape index (κ3) is 7.95. The Labute approximate surface area is 223 Å². The maximum atomic E-state index is 13.6. The lowest BCUT2D eigenvalue weighted by Gasteiger charge is -2.31. The molecule has 0 saturated heterocycles. The second kappa shape index (κ2) is 13.8. The number of carbonyl (C=O) groups is 2. The molecule has 0 radical (unpaired) electrons. The van der Waals surface area contributed by atoms with Gasteiger partial charge in [0.2, 0.25) is 5.91 Å². The molecule has 0 unspecified atom stereocenters. The Morgan fingerprint density at radius 2 is 1.53 bits per heavy atom. The van der Waals surface area contributed by atoms with E-state index >= 15 is 0 Å². The van der Waals surface area contributed by atoms with Gasteiger partial charge in [0.05, 0.1) is 0 Å². The van der Waals surface area contributed by atoms with E-state index in [0.29, 0.717) is 25.3 Å². The lowest BCUT2D eigenvalue weighted by molar-refractivity contribution is -0.142. The normalized spacial score (nSPS) is 11.6. The lowest BCUT2D eigenvalue weighted by atomic mass is 10.0. The van der Waals surface area contributed by atoms with Gasteiger partial charge in [0.1, 0.15) is 11.8 Å². The smallest absolute Gasteiger partial charge is 0.261 e. The minimum Gasteiger partial charge on any atom is -0.484 e. The summed E-state index contributed by atoms with van der Waals surface area (Å²) in [5.41, 5.74) is 4.03. The summed E-state index contributed by atoms with van der Waals surface area (Å²) < 4.78 is 6.96. The molecule has 0 fully saturated rings. The maximum absolute atomic E-state index is 13.6. The lowest BCUT2D eigenvalue weighted by Crippen LogP contribution is -2.51. The number of unbranched alkanes of at least 4 members (excludes halogenated alkanes) is 1. The molecule has 2 amide bonds. The number of carbonyl (C=O) groups excluding carboxylic acids is 2. The number of halogens is 1. The molecular weight excluding hydrogens is 516 g/mol. The zero-order valence-corrected chi connectivity index (χ0v) is 22.9. The fraction of sp³-hybridized carbons (Fsp3) is 0.333. The van der Waals surface area contributed by atoms with Gasteiger partial charge in [-0.05, 0) is 54.7 Å². The van der Waals surface area contributed by atoms with Crippen LogP contribution in [0.25, 0.3) is 0 Å². The van der Waals surface area contributed by atoms with E-state index in [1.165, 1.54) is 0 Å². The van der Waals surface area contributed by atoms with Crippen molar-refractivity contribution in [1.82, 2.24) is 10.2 Å². The Bertz CT molecular complexity index is 1110. The molecular formula is C30H35BrN2O3. The Hall–Kier alpha value is -3.12. The first-order valence-corrected chi connectivity index (χ1v) is 13.2. The number of amides is 2. The van der Waals surface area contributed by atoms with Crippen LogP contribution in [0.1, 0.15) is 42.0 Å².